The molecule has 4 amide bonds. The van der Waals surface area contributed by atoms with E-state index in [1.807, 2.05) is 89.3 Å². The molecule has 20 nitrogen and oxygen atoms in total. The lowest BCUT2D eigenvalue weighted by Crippen LogP contribution is -2.38. The van der Waals surface area contributed by atoms with Gasteiger partial charge in [0.2, 0.25) is 0 Å². The number of hydrogen-bond donors (Lipinski definition) is 12. The minimum absolute atomic E-state index is 0.0780. The number of aromatic nitrogens is 8. The molecule has 26 heteroatoms. The zero-order valence-electron chi connectivity index (χ0n) is 56.2. The van der Waals surface area contributed by atoms with Crippen molar-refractivity contribution in [2.45, 2.75) is 97.6 Å². The van der Waals surface area contributed by atoms with E-state index in [0.29, 0.717) is 82.2 Å². The first-order valence-corrected chi connectivity index (χ1v) is 34.9. The van der Waals surface area contributed by atoms with Gasteiger partial charge in [-0.25, -0.2) is 19.9 Å². The predicted octanol–water partition coefficient (Wildman–Crippen LogP) is 15.7. The second-order valence-electron chi connectivity index (χ2n) is 24.1. The number of carbonyl (C=O) groups is 4. The van der Waals surface area contributed by atoms with Gasteiger partial charge in [0.05, 0.1) is 38.0 Å². The van der Waals surface area contributed by atoms with Gasteiger partial charge in [-0.05, 0) is 182 Å². The van der Waals surface area contributed by atoms with Crippen molar-refractivity contribution in [2.75, 3.05) is 19.8 Å². The zero-order valence-corrected chi connectivity index (χ0v) is 60.8. The number of H-pyrrole nitrogens is 4. The van der Waals surface area contributed by atoms with Crippen LogP contribution in [0.3, 0.4) is 0 Å². The Bertz CT molecular complexity index is 4700. The van der Waals surface area contributed by atoms with Gasteiger partial charge in [-0.15, -0.1) is 0 Å². The van der Waals surface area contributed by atoms with Gasteiger partial charge in [0, 0.05) is 105 Å². The predicted molar refractivity (Wildman–Crippen MR) is 402 cm³/mol. The minimum Gasteiger partial charge on any atom is -0.394 e. The number of pyridine rings is 4. The van der Waals surface area contributed by atoms with E-state index in [4.69, 9.17) is 69.6 Å². The van der Waals surface area contributed by atoms with E-state index in [1.54, 1.807) is 104 Å². The van der Waals surface area contributed by atoms with Crippen LogP contribution >= 0.6 is 69.6 Å². The maximum Gasteiger partial charge on any atom is 0.268 e. The first-order chi connectivity index (χ1) is 49.1. The molecule has 102 heavy (non-hydrogen) atoms. The summed E-state index contributed by atoms with van der Waals surface area (Å²) in [5.41, 5.74) is 15.9. The number of aliphatic hydroxyl groups is 4. The molecule has 8 aromatic heterocycles. The second kappa shape index (κ2) is 36.6. The van der Waals surface area contributed by atoms with Crippen LogP contribution in [0.4, 0.5) is 0 Å². The highest BCUT2D eigenvalue weighted by Crippen LogP contribution is 2.38. The third kappa shape index (κ3) is 19.9. The normalized spacial score (nSPS) is 13.8. The van der Waals surface area contributed by atoms with Crippen molar-refractivity contribution < 1.29 is 39.6 Å². The van der Waals surface area contributed by atoms with Crippen molar-refractivity contribution in [3.63, 3.8) is 0 Å². The molecule has 0 unspecified atom stereocenters. The quantitative estimate of drug-likeness (QED) is 0.0336. The van der Waals surface area contributed by atoms with Crippen molar-refractivity contribution in [3.8, 4) is 55.6 Å². The Morgan fingerprint density at radius 2 is 1.06 bits per heavy atom. The average molecular weight is 1500 g/mol. The number of aryl methyl sites for hydroxylation is 1. The summed E-state index contributed by atoms with van der Waals surface area (Å²) in [5, 5.41) is 52.9. The van der Waals surface area contributed by atoms with Crippen LogP contribution in [0.5, 0.6) is 0 Å². The molecule has 1 saturated carbocycles. The summed E-state index contributed by atoms with van der Waals surface area (Å²) < 4.78 is 0. The van der Waals surface area contributed by atoms with Crippen LogP contribution in [-0.4, -0.2) is 116 Å². The molecule has 0 spiro atoms. The van der Waals surface area contributed by atoms with E-state index in [-0.39, 0.29) is 55.6 Å². The number of nitrogens with zero attached hydrogens (tertiary/aromatic N) is 4. The first-order valence-electron chi connectivity index (χ1n) is 32.6. The van der Waals surface area contributed by atoms with E-state index in [2.05, 4.69) is 61.1 Å². The van der Waals surface area contributed by atoms with Crippen molar-refractivity contribution in [2.24, 2.45) is 0 Å². The van der Waals surface area contributed by atoms with E-state index in [9.17, 15) is 39.6 Å². The molecule has 3 aromatic carbocycles. The summed E-state index contributed by atoms with van der Waals surface area (Å²) in [6, 6.07) is 35.4. The number of halogens is 6. The van der Waals surface area contributed by atoms with Gasteiger partial charge in [-0.3, -0.25) is 19.2 Å². The molecule has 0 saturated heterocycles. The zero-order chi connectivity index (χ0) is 73.1. The average Bonchev–Trinajstić information content (AvgIpc) is 1.62. The van der Waals surface area contributed by atoms with Crippen LogP contribution in [0.1, 0.15) is 132 Å². The van der Waals surface area contributed by atoms with Gasteiger partial charge in [0.15, 0.2) is 0 Å². The number of amides is 4. The number of nitrogens with one attached hydrogen (secondary N) is 8. The summed E-state index contributed by atoms with van der Waals surface area (Å²) in [4.78, 5) is 78.5. The van der Waals surface area contributed by atoms with E-state index >= 15 is 0 Å². The molecule has 1 fully saturated rings. The lowest BCUT2D eigenvalue weighted by atomic mass is 9.93. The molecule has 530 valence electrons. The maximum atomic E-state index is 13.0. The molecule has 12 N–H and O–H groups in total. The molecular formula is C76H76Cl6N12O8. The Morgan fingerprint density at radius 1 is 0.510 bits per heavy atom. The van der Waals surface area contributed by atoms with Gasteiger partial charge < -0.3 is 61.6 Å². The Kier molecular flexibility index (Phi) is 27.7. The number of aromatic amines is 4. The summed E-state index contributed by atoms with van der Waals surface area (Å²) >= 11 is 36.1. The lowest BCUT2D eigenvalue weighted by Gasteiger charge is -2.25. The van der Waals surface area contributed by atoms with Crippen LogP contribution in [0.2, 0.25) is 30.7 Å². The Hall–Kier alpha value is -9.16. The standard InChI is InChI=1S/C25H21Cl2N3O2.C21H21Cl2N3O3.C16H18ClN3O2.C14H16ClN3O/c1-15-20(19-11-23(27)28-13-21(19)16-6-3-2-4-7-16)12-29-24(15)25(32)30-22(14-31)17-8-5-9-18(26)10-17;1-11-19(16-7-18(23)24-8-14(16)9-27)12(2)25-20(11)21(29)26-17(10-28)13-4-3-5-15(22)6-13;17-15-8-10(5-6-18-15)11-7-14(19-9-11)16(22)20-12-1-3-13(21)4-2-12;1-3-5-17-14(19)13-9(2)11(8-18-13)10-4-6-16-12(15)7-10/h2-13,22,29,31H,14H2,1H3,(H,30,32);3-8,17,25,27-28H,9-10H2,1-2H3,(H,26,29);5-9,12-13,19,21H,1-4H2,(H,20,22);4,6-8,18H,3,5H2,1-2H3,(H,17,19)/t22-;17-;;/m11../s1. The fraction of sp³-hybridized carbons (Fsp3) is 0.237. The lowest BCUT2D eigenvalue weighted by molar-refractivity contribution is 0.0862. The smallest absolute Gasteiger partial charge is 0.268 e. The molecule has 2 atom stereocenters. The number of rotatable bonds is 19. The molecular weight excluding hydrogens is 1420 g/mol. The summed E-state index contributed by atoms with van der Waals surface area (Å²) in [6.45, 7) is 9.42. The van der Waals surface area contributed by atoms with Crippen molar-refractivity contribution in [3.05, 3.63) is 257 Å². The minimum atomic E-state index is -0.601. The Balaban J connectivity index is 0.000000161. The highest BCUT2D eigenvalue weighted by Gasteiger charge is 2.26. The number of benzene rings is 3. The largest absolute Gasteiger partial charge is 0.394 e. The van der Waals surface area contributed by atoms with Crippen LogP contribution in [0, 0.1) is 27.7 Å². The molecule has 0 aliphatic heterocycles. The van der Waals surface area contributed by atoms with Gasteiger partial charge in [-0.2, -0.15) is 0 Å². The number of carbonyl (C=O) groups excluding carboxylic acids is 4. The molecule has 1 aliphatic carbocycles. The van der Waals surface area contributed by atoms with E-state index in [0.717, 1.165) is 105 Å². The highest BCUT2D eigenvalue weighted by molar-refractivity contribution is 6.31. The molecule has 0 bridgehead atoms. The molecule has 12 rings (SSSR count). The first kappa shape index (κ1) is 77.0. The monoisotopic (exact) mass is 1490 g/mol. The summed E-state index contributed by atoms with van der Waals surface area (Å²) in [7, 11) is 0. The number of aliphatic hydroxyl groups excluding tert-OH is 4. The fourth-order valence-corrected chi connectivity index (χ4v) is 12.8. The van der Waals surface area contributed by atoms with Crippen molar-refractivity contribution in [1.29, 1.82) is 0 Å². The molecule has 8 heterocycles. The fourth-order valence-electron chi connectivity index (χ4n) is 11.8. The SMILES string of the molecule is CCCNC(=O)c1[nH]cc(-c2ccnc(Cl)c2)c1C.Cc1[nH]c(C(=O)N[C@H](CO)c2cccc(Cl)c2)c(C)c1-c1cc(Cl)ncc1CO.Cc1c(-c2cc(Cl)ncc2-c2ccccc2)c[nH]c1C(=O)N[C@H](CO)c1cccc(Cl)c1.O=C(NC1CCC(O)CC1)c1cc(-c2ccnc(Cl)c2)c[nH]1. The highest BCUT2D eigenvalue weighted by atomic mass is 35.5. The third-order valence-electron chi connectivity index (χ3n) is 17.1. The summed E-state index contributed by atoms with van der Waals surface area (Å²) in [6.07, 6.45) is 15.8. The Morgan fingerprint density at radius 3 is 1.65 bits per heavy atom. The van der Waals surface area contributed by atoms with Gasteiger partial charge >= 0.3 is 0 Å². The second-order valence-corrected chi connectivity index (χ2v) is 26.5. The van der Waals surface area contributed by atoms with Crippen LogP contribution in [-0.2, 0) is 6.61 Å². The summed E-state index contributed by atoms with van der Waals surface area (Å²) in [5.74, 6) is -0.880. The molecule has 11 aromatic rings. The van der Waals surface area contributed by atoms with E-state index < -0.39 is 12.1 Å². The van der Waals surface area contributed by atoms with Gasteiger partial charge in [-0.1, -0.05) is 131 Å². The van der Waals surface area contributed by atoms with Crippen molar-refractivity contribution >= 4 is 93.2 Å². The van der Waals surface area contributed by atoms with Gasteiger partial charge in [0.25, 0.3) is 23.6 Å². The third-order valence-corrected chi connectivity index (χ3v) is 18.4. The van der Waals surface area contributed by atoms with E-state index in [1.165, 1.54) is 6.20 Å². The maximum absolute atomic E-state index is 13.0. The number of hydrogen-bond acceptors (Lipinski definition) is 12. The van der Waals surface area contributed by atoms with Crippen LogP contribution in [0.25, 0.3) is 55.6 Å². The van der Waals surface area contributed by atoms with Crippen LogP contribution < -0.4 is 21.3 Å². The van der Waals surface area contributed by atoms with Crippen molar-refractivity contribution in [1.82, 2.24) is 61.1 Å². The molecule has 1 aliphatic rings. The molecule has 0 radical (unpaired) electrons. The Labute approximate surface area is 620 Å². The van der Waals surface area contributed by atoms with Crippen LogP contribution in [0.15, 0.2) is 165 Å². The van der Waals surface area contributed by atoms with Gasteiger partial charge in [0.1, 0.15) is 43.4 Å². The topological polar surface area (TPSA) is 312 Å².